The van der Waals surface area contributed by atoms with Gasteiger partial charge in [-0.05, 0) is 31.0 Å². The second kappa shape index (κ2) is 7.12. The van der Waals surface area contributed by atoms with Crippen LogP contribution >= 0.6 is 15.9 Å². The Morgan fingerprint density at radius 2 is 1.94 bits per heavy atom. The van der Waals surface area contributed by atoms with E-state index < -0.39 is 0 Å². The Morgan fingerprint density at radius 3 is 2.53 bits per heavy atom. The molecule has 1 atom stereocenters. The Hall–Kier alpha value is -0.410. The molecule has 3 heteroatoms. The van der Waals surface area contributed by atoms with Crippen LogP contribution in [0.15, 0.2) is 22.7 Å². The molecule has 1 aromatic rings. The standard InChI is InChI=1S/C14H21BrFN/c1-4-11(5-2)10(3)17-9-12-8-13(15)6-7-14(12)16/h6-8,10-11,17H,4-5,9H2,1-3H3. The van der Waals surface area contributed by atoms with Crippen molar-refractivity contribution >= 4 is 15.9 Å². The Kier molecular flexibility index (Phi) is 6.14. The molecule has 0 amide bonds. The molecule has 1 N–H and O–H groups in total. The highest BCUT2D eigenvalue weighted by Gasteiger charge is 2.13. The monoisotopic (exact) mass is 301 g/mol. The van der Waals surface area contributed by atoms with Crippen molar-refractivity contribution in [2.24, 2.45) is 5.92 Å². The van der Waals surface area contributed by atoms with Crippen molar-refractivity contribution < 1.29 is 4.39 Å². The Bertz CT molecular complexity index is 350. The van der Waals surface area contributed by atoms with Gasteiger partial charge in [-0.3, -0.25) is 0 Å². The Balaban J connectivity index is 2.57. The number of benzene rings is 1. The van der Waals surface area contributed by atoms with Crippen LogP contribution in [0, 0.1) is 11.7 Å². The van der Waals surface area contributed by atoms with E-state index in [1.54, 1.807) is 6.07 Å². The van der Waals surface area contributed by atoms with E-state index in [9.17, 15) is 4.39 Å². The maximum Gasteiger partial charge on any atom is 0.127 e. The van der Waals surface area contributed by atoms with Crippen molar-refractivity contribution in [1.82, 2.24) is 5.32 Å². The van der Waals surface area contributed by atoms with Crippen LogP contribution in [0.2, 0.25) is 0 Å². The molecule has 0 aliphatic heterocycles. The Morgan fingerprint density at radius 1 is 1.29 bits per heavy atom. The second-order valence-corrected chi connectivity index (χ2v) is 5.40. The van der Waals surface area contributed by atoms with Crippen LogP contribution in [-0.4, -0.2) is 6.04 Å². The van der Waals surface area contributed by atoms with Crippen molar-refractivity contribution in [3.05, 3.63) is 34.1 Å². The van der Waals surface area contributed by atoms with Crippen molar-refractivity contribution in [1.29, 1.82) is 0 Å². The van der Waals surface area contributed by atoms with Gasteiger partial charge in [0.1, 0.15) is 5.82 Å². The predicted molar refractivity (Wildman–Crippen MR) is 74.5 cm³/mol. The Labute approximate surface area is 112 Å². The summed E-state index contributed by atoms with van der Waals surface area (Å²) in [5.41, 5.74) is 0.720. The molecular formula is C14H21BrFN. The third-order valence-corrected chi connectivity index (χ3v) is 3.87. The molecule has 1 unspecified atom stereocenters. The van der Waals surface area contributed by atoms with Gasteiger partial charge in [0.2, 0.25) is 0 Å². The van der Waals surface area contributed by atoms with Crippen molar-refractivity contribution in [3.63, 3.8) is 0 Å². The molecule has 0 heterocycles. The van der Waals surface area contributed by atoms with Crippen LogP contribution in [-0.2, 0) is 6.54 Å². The van der Waals surface area contributed by atoms with E-state index >= 15 is 0 Å². The van der Waals surface area contributed by atoms with E-state index in [-0.39, 0.29) is 5.82 Å². The predicted octanol–water partition coefficient (Wildman–Crippen LogP) is 4.50. The zero-order valence-electron chi connectivity index (χ0n) is 10.8. The summed E-state index contributed by atoms with van der Waals surface area (Å²) in [5, 5.41) is 3.41. The molecule has 0 aliphatic rings. The van der Waals surface area contributed by atoms with Crippen molar-refractivity contribution in [2.45, 2.75) is 46.2 Å². The summed E-state index contributed by atoms with van der Waals surface area (Å²) in [6.45, 7) is 7.16. The van der Waals surface area contributed by atoms with Gasteiger partial charge >= 0.3 is 0 Å². The molecule has 0 saturated heterocycles. The van der Waals surface area contributed by atoms with Crippen LogP contribution in [0.5, 0.6) is 0 Å². The molecule has 0 bridgehead atoms. The van der Waals surface area contributed by atoms with Gasteiger partial charge in [0, 0.05) is 22.6 Å². The van der Waals surface area contributed by atoms with Crippen LogP contribution < -0.4 is 5.32 Å². The molecule has 0 saturated carbocycles. The maximum absolute atomic E-state index is 13.5. The van der Waals surface area contributed by atoms with E-state index in [1.165, 1.54) is 6.07 Å². The number of halogens is 2. The van der Waals surface area contributed by atoms with Crippen molar-refractivity contribution in [3.8, 4) is 0 Å². The van der Waals surface area contributed by atoms with E-state index in [1.807, 2.05) is 6.07 Å². The number of nitrogens with one attached hydrogen (secondary N) is 1. The summed E-state index contributed by atoms with van der Waals surface area (Å²) in [6.07, 6.45) is 2.32. The molecule has 1 rings (SSSR count). The van der Waals surface area contributed by atoms with Gasteiger partial charge in [-0.2, -0.15) is 0 Å². The zero-order valence-corrected chi connectivity index (χ0v) is 12.3. The van der Waals surface area contributed by atoms with Crippen molar-refractivity contribution in [2.75, 3.05) is 0 Å². The summed E-state index contributed by atoms with van der Waals surface area (Å²) >= 11 is 3.37. The molecule has 96 valence electrons. The van der Waals surface area contributed by atoms with Gasteiger partial charge in [-0.15, -0.1) is 0 Å². The largest absolute Gasteiger partial charge is 0.310 e. The highest BCUT2D eigenvalue weighted by atomic mass is 79.9. The highest BCUT2D eigenvalue weighted by Crippen LogP contribution is 2.17. The van der Waals surface area contributed by atoms with Gasteiger partial charge < -0.3 is 5.32 Å². The van der Waals surface area contributed by atoms with Gasteiger partial charge in [0.25, 0.3) is 0 Å². The fraction of sp³-hybridized carbons (Fsp3) is 0.571. The van der Waals surface area contributed by atoms with Crippen LogP contribution in [0.4, 0.5) is 4.39 Å². The quantitative estimate of drug-likeness (QED) is 0.815. The molecule has 17 heavy (non-hydrogen) atoms. The van der Waals surface area contributed by atoms with Crippen LogP contribution in [0.3, 0.4) is 0 Å². The van der Waals surface area contributed by atoms with E-state index in [4.69, 9.17) is 0 Å². The maximum atomic E-state index is 13.5. The highest BCUT2D eigenvalue weighted by molar-refractivity contribution is 9.10. The smallest absolute Gasteiger partial charge is 0.127 e. The first-order chi connectivity index (χ1) is 8.08. The number of rotatable bonds is 6. The topological polar surface area (TPSA) is 12.0 Å². The third kappa shape index (κ3) is 4.40. The summed E-state index contributed by atoms with van der Waals surface area (Å²) in [5.74, 6) is 0.516. The fourth-order valence-corrected chi connectivity index (χ4v) is 2.52. The SMILES string of the molecule is CCC(CC)C(C)NCc1cc(Br)ccc1F. The summed E-state index contributed by atoms with van der Waals surface area (Å²) in [6, 6.07) is 5.48. The summed E-state index contributed by atoms with van der Waals surface area (Å²) in [4.78, 5) is 0. The lowest BCUT2D eigenvalue weighted by Crippen LogP contribution is -2.32. The summed E-state index contributed by atoms with van der Waals surface area (Å²) in [7, 11) is 0. The molecule has 0 radical (unpaired) electrons. The molecule has 0 fully saturated rings. The first kappa shape index (κ1) is 14.7. The molecule has 1 aromatic carbocycles. The summed E-state index contributed by atoms with van der Waals surface area (Å²) < 4.78 is 14.4. The first-order valence-electron chi connectivity index (χ1n) is 6.25. The van der Waals surface area contributed by atoms with Crippen LogP contribution in [0.1, 0.15) is 39.2 Å². The van der Waals surface area contributed by atoms with Gasteiger partial charge in [-0.25, -0.2) is 4.39 Å². The lowest BCUT2D eigenvalue weighted by Gasteiger charge is -2.22. The first-order valence-corrected chi connectivity index (χ1v) is 7.05. The lowest BCUT2D eigenvalue weighted by atomic mass is 9.95. The minimum atomic E-state index is -0.141. The average Bonchev–Trinajstić information content (AvgIpc) is 2.32. The molecule has 0 aliphatic carbocycles. The molecule has 0 aromatic heterocycles. The molecule has 0 spiro atoms. The number of hydrogen-bond acceptors (Lipinski definition) is 1. The lowest BCUT2D eigenvalue weighted by molar-refractivity contribution is 0.351. The van der Waals surface area contributed by atoms with Gasteiger partial charge in [-0.1, -0.05) is 42.6 Å². The van der Waals surface area contributed by atoms with Gasteiger partial charge in [0.05, 0.1) is 0 Å². The second-order valence-electron chi connectivity index (χ2n) is 4.48. The normalized spacial score (nSPS) is 13.1. The molecule has 1 nitrogen and oxygen atoms in total. The van der Waals surface area contributed by atoms with E-state index in [2.05, 4.69) is 42.0 Å². The molecular weight excluding hydrogens is 281 g/mol. The minimum Gasteiger partial charge on any atom is -0.310 e. The minimum absolute atomic E-state index is 0.141. The fourth-order valence-electron chi connectivity index (χ4n) is 2.11. The van der Waals surface area contributed by atoms with Crippen LogP contribution in [0.25, 0.3) is 0 Å². The number of hydrogen-bond donors (Lipinski definition) is 1. The third-order valence-electron chi connectivity index (χ3n) is 3.38. The van der Waals surface area contributed by atoms with E-state index in [0.29, 0.717) is 18.5 Å². The zero-order chi connectivity index (χ0) is 12.8. The average molecular weight is 302 g/mol. The van der Waals surface area contributed by atoms with Gasteiger partial charge in [0.15, 0.2) is 0 Å². The van der Waals surface area contributed by atoms with E-state index in [0.717, 1.165) is 22.9 Å².